The minimum atomic E-state index is -0.318. The summed E-state index contributed by atoms with van der Waals surface area (Å²) in [6.45, 7) is 2.41. The lowest BCUT2D eigenvalue weighted by Crippen LogP contribution is -2.13. The highest BCUT2D eigenvalue weighted by molar-refractivity contribution is 7.98. The molecule has 0 saturated heterocycles. The van der Waals surface area contributed by atoms with Gasteiger partial charge < -0.3 is 15.8 Å². The molecule has 6 nitrogen and oxygen atoms in total. The van der Waals surface area contributed by atoms with Gasteiger partial charge in [0.15, 0.2) is 5.16 Å². The van der Waals surface area contributed by atoms with E-state index >= 15 is 0 Å². The Hall–Kier alpha value is -1.05. The van der Waals surface area contributed by atoms with Crippen LogP contribution < -0.4 is 16.6 Å². The van der Waals surface area contributed by atoms with Gasteiger partial charge in [-0.1, -0.05) is 11.8 Å². The van der Waals surface area contributed by atoms with Crippen molar-refractivity contribution in [2.24, 2.45) is 5.84 Å². The zero-order valence-electron chi connectivity index (χ0n) is 9.40. The topological polar surface area (TPSA) is 96.1 Å². The summed E-state index contributed by atoms with van der Waals surface area (Å²) in [7, 11) is 0. The molecule has 0 saturated carbocycles. The lowest BCUT2D eigenvalue weighted by Gasteiger charge is -2.09. The van der Waals surface area contributed by atoms with Crippen LogP contribution in [-0.2, 0) is 0 Å². The quantitative estimate of drug-likeness (QED) is 0.252. The van der Waals surface area contributed by atoms with Crippen LogP contribution in [0.15, 0.2) is 11.2 Å². The maximum Gasteiger partial charge on any atom is 0.191 e. The van der Waals surface area contributed by atoms with Crippen molar-refractivity contribution in [3.63, 3.8) is 0 Å². The molecule has 0 fully saturated rings. The second-order valence-electron chi connectivity index (χ2n) is 3.33. The fourth-order valence-electron chi connectivity index (χ4n) is 1.09. The zero-order valence-corrected chi connectivity index (χ0v) is 10.2. The van der Waals surface area contributed by atoms with Gasteiger partial charge in [-0.25, -0.2) is 15.8 Å². The number of aliphatic hydroxyl groups is 1. The van der Waals surface area contributed by atoms with Crippen LogP contribution in [0.25, 0.3) is 0 Å². The summed E-state index contributed by atoms with van der Waals surface area (Å²) in [6.07, 6.45) is 2.25. The van der Waals surface area contributed by atoms with E-state index in [1.54, 1.807) is 13.0 Å². The number of anilines is 2. The highest BCUT2D eigenvalue weighted by Crippen LogP contribution is 2.16. The van der Waals surface area contributed by atoms with Gasteiger partial charge in [-0.3, -0.25) is 0 Å². The van der Waals surface area contributed by atoms with Crippen molar-refractivity contribution in [1.82, 2.24) is 9.97 Å². The Bertz CT molecular complexity index is 311. The molecule has 0 bridgehead atoms. The van der Waals surface area contributed by atoms with Crippen molar-refractivity contribution < 1.29 is 5.11 Å². The molecular weight excluding hydrogens is 226 g/mol. The van der Waals surface area contributed by atoms with E-state index in [0.717, 1.165) is 0 Å². The van der Waals surface area contributed by atoms with Crippen LogP contribution in [0.5, 0.6) is 0 Å². The Morgan fingerprint density at radius 3 is 2.75 bits per heavy atom. The fraction of sp³-hybridized carbons (Fsp3) is 0.556. The number of nitrogens with one attached hydrogen (secondary N) is 2. The van der Waals surface area contributed by atoms with Crippen LogP contribution >= 0.6 is 11.8 Å². The monoisotopic (exact) mass is 243 g/mol. The number of nitrogen functional groups attached to an aromatic ring is 1. The van der Waals surface area contributed by atoms with E-state index in [9.17, 15) is 0 Å². The van der Waals surface area contributed by atoms with Crippen molar-refractivity contribution in [3.05, 3.63) is 6.07 Å². The molecule has 0 aliphatic heterocycles. The molecule has 0 amide bonds. The SMILES string of the molecule is CSc1nc(NN)cc(NCCC(C)O)n1. The Kier molecular flexibility index (Phi) is 5.30. The van der Waals surface area contributed by atoms with E-state index in [1.165, 1.54) is 11.8 Å². The second-order valence-corrected chi connectivity index (χ2v) is 4.11. The summed E-state index contributed by atoms with van der Waals surface area (Å²) in [4.78, 5) is 8.40. The summed E-state index contributed by atoms with van der Waals surface area (Å²) in [6, 6.07) is 1.72. The lowest BCUT2D eigenvalue weighted by atomic mass is 10.3. The first-order valence-electron chi connectivity index (χ1n) is 4.97. The third kappa shape index (κ3) is 4.21. The van der Waals surface area contributed by atoms with Crippen LogP contribution in [0.4, 0.5) is 11.6 Å². The van der Waals surface area contributed by atoms with Gasteiger partial charge in [0.25, 0.3) is 0 Å². The summed E-state index contributed by atoms with van der Waals surface area (Å²) < 4.78 is 0. The molecule has 90 valence electrons. The average molecular weight is 243 g/mol. The molecule has 16 heavy (non-hydrogen) atoms. The number of thioether (sulfide) groups is 1. The van der Waals surface area contributed by atoms with Gasteiger partial charge in [-0.2, -0.15) is 0 Å². The molecule has 0 radical (unpaired) electrons. The van der Waals surface area contributed by atoms with Gasteiger partial charge in [0.2, 0.25) is 0 Å². The van der Waals surface area contributed by atoms with E-state index < -0.39 is 0 Å². The van der Waals surface area contributed by atoms with Crippen LogP contribution in [-0.4, -0.2) is 34.0 Å². The number of aliphatic hydroxyl groups excluding tert-OH is 1. The van der Waals surface area contributed by atoms with E-state index in [1.807, 2.05) is 6.26 Å². The number of nitrogens with two attached hydrogens (primary N) is 1. The van der Waals surface area contributed by atoms with Gasteiger partial charge in [0, 0.05) is 12.6 Å². The molecule has 1 heterocycles. The molecule has 1 aromatic rings. The average Bonchev–Trinajstić information content (AvgIpc) is 2.28. The standard InChI is InChI=1S/C9H17N5OS/c1-6(15)3-4-11-7-5-8(14-10)13-9(12-7)16-2/h5-6,15H,3-4,10H2,1-2H3,(H2,11,12,13,14). The minimum Gasteiger partial charge on any atom is -0.393 e. The highest BCUT2D eigenvalue weighted by atomic mass is 32.2. The molecule has 1 rings (SSSR count). The molecular formula is C9H17N5OS. The number of hydrazine groups is 1. The van der Waals surface area contributed by atoms with Crippen LogP contribution in [0, 0.1) is 0 Å². The van der Waals surface area contributed by atoms with E-state index in [-0.39, 0.29) is 6.10 Å². The predicted molar refractivity (Wildman–Crippen MR) is 66.4 cm³/mol. The second kappa shape index (κ2) is 6.51. The number of nitrogens with zero attached hydrogens (tertiary/aromatic N) is 2. The Morgan fingerprint density at radius 2 is 2.19 bits per heavy atom. The molecule has 1 unspecified atom stereocenters. The molecule has 0 aliphatic rings. The first kappa shape index (κ1) is 13.0. The summed E-state index contributed by atoms with van der Waals surface area (Å²) in [5.41, 5.74) is 2.49. The lowest BCUT2D eigenvalue weighted by molar-refractivity contribution is 0.188. The number of aromatic nitrogens is 2. The molecule has 1 aromatic heterocycles. The smallest absolute Gasteiger partial charge is 0.191 e. The first-order chi connectivity index (χ1) is 7.65. The summed E-state index contributed by atoms with van der Waals surface area (Å²) in [5.74, 6) is 6.57. The molecule has 7 heteroatoms. The molecule has 0 aliphatic carbocycles. The normalized spacial score (nSPS) is 12.2. The van der Waals surface area contributed by atoms with Crippen molar-refractivity contribution in [3.8, 4) is 0 Å². The number of hydrogen-bond acceptors (Lipinski definition) is 7. The van der Waals surface area contributed by atoms with E-state index in [2.05, 4.69) is 20.7 Å². The number of rotatable bonds is 6. The number of hydrogen-bond donors (Lipinski definition) is 4. The largest absolute Gasteiger partial charge is 0.393 e. The van der Waals surface area contributed by atoms with Crippen molar-refractivity contribution in [1.29, 1.82) is 0 Å². The molecule has 0 aromatic carbocycles. The minimum absolute atomic E-state index is 0.318. The molecule has 1 atom stereocenters. The van der Waals surface area contributed by atoms with E-state index in [4.69, 9.17) is 10.9 Å². The van der Waals surface area contributed by atoms with Crippen LogP contribution in [0.2, 0.25) is 0 Å². The van der Waals surface area contributed by atoms with Gasteiger partial charge in [-0.05, 0) is 19.6 Å². The zero-order chi connectivity index (χ0) is 12.0. The molecule has 0 spiro atoms. The first-order valence-corrected chi connectivity index (χ1v) is 6.19. The van der Waals surface area contributed by atoms with Crippen LogP contribution in [0.3, 0.4) is 0 Å². The van der Waals surface area contributed by atoms with Crippen molar-refractivity contribution in [2.75, 3.05) is 23.5 Å². The maximum atomic E-state index is 9.12. The Balaban J connectivity index is 2.64. The van der Waals surface area contributed by atoms with Crippen molar-refractivity contribution >= 4 is 23.4 Å². The summed E-state index contributed by atoms with van der Waals surface area (Å²) >= 11 is 1.45. The maximum absolute atomic E-state index is 9.12. The molecule has 5 N–H and O–H groups in total. The van der Waals surface area contributed by atoms with Crippen LogP contribution in [0.1, 0.15) is 13.3 Å². The third-order valence-electron chi connectivity index (χ3n) is 1.90. The highest BCUT2D eigenvalue weighted by Gasteiger charge is 2.03. The predicted octanol–water partition coefficient (Wildman–Crippen LogP) is 0.667. The Labute approximate surface area is 99.0 Å². The van der Waals surface area contributed by atoms with Gasteiger partial charge in [-0.15, -0.1) is 0 Å². The van der Waals surface area contributed by atoms with Gasteiger partial charge >= 0.3 is 0 Å². The third-order valence-corrected chi connectivity index (χ3v) is 2.45. The van der Waals surface area contributed by atoms with E-state index in [0.29, 0.717) is 29.8 Å². The fourth-order valence-corrected chi connectivity index (χ4v) is 1.47. The van der Waals surface area contributed by atoms with Crippen molar-refractivity contribution in [2.45, 2.75) is 24.6 Å². The van der Waals surface area contributed by atoms with Gasteiger partial charge in [0.05, 0.1) is 6.10 Å². The summed E-state index contributed by atoms with van der Waals surface area (Å²) in [5, 5.41) is 12.9. The Morgan fingerprint density at radius 1 is 1.50 bits per heavy atom. The van der Waals surface area contributed by atoms with Gasteiger partial charge in [0.1, 0.15) is 11.6 Å².